The number of carbonyl (C=O) groups is 1. The monoisotopic (exact) mass is 234 g/mol. The Balaban J connectivity index is 1.98. The minimum Gasteiger partial charge on any atom is -0.294 e. The van der Waals surface area contributed by atoms with Crippen molar-refractivity contribution in [1.82, 2.24) is 0 Å². The van der Waals surface area contributed by atoms with Crippen LogP contribution in [0.15, 0.2) is 24.3 Å². The Morgan fingerprint density at radius 1 is 1.12 bits per heavy atom. The minimum absolute atomic E-state index is 0.0324. The molecular formula is C15H19FO. The highest BCUT2D eigenvalue weighted by atomic mass is 19.1. The molecule has 1 saturated carbocycles. The first-order valence-corrected chi connectivity index (χ1v) is 6.55. The molecule has 92 valence electrons. The molecule has 0 spiro atoms. The lowest BCUT2D eigenvalue weighted by molar-refractivity contribution is 0.0953. The molecule has 1 aliphatic rings. The topological polar surface area (TPSA) is 17.1 Å². The smallest absolute Gasteiger partial charge is 0.166 e. The SMILES string of the molecule is O=C(CC1CCCCCC1)c1ccccc1F. The van der Waals surface area contributed by atoms with Crippen molar-refractivity contribution in [1.29, 1.82) is 0 Å². The summed E-state index contributed by atoms with van der Waals surface area (Å²) in [6.07, 6.45) is 7.76. The summed E-state index contributed by atoms with van der Waals surface area (Å²) in [6.45, 7) is 0. The van der Waals surface area contributed by atoms with Crippen molar-refractivity contribution < 1.29 is 9.18 Å². The average molecular weight is 234 g/mol. The van der Waals surface area contributed by atoms with E-state index in [0.29, 0.717) is 12.3 Å². The maximum atomic E-state index is 13.5. The average Bonchev–Trinajstić information content (AvgIpc) is 2.58. The Morgan fingerprint density at radius 2 is 1.76 bits per heavy atom. The summed E-state index contributed by atoms with van der Waals surface area (Å²) in [5, 5.41) is 0. The number of carbonyl (C=O) groups excluding carboxylic acids is 1. The molecule has 1 aliphatic carbocycles. The van der Waals surface area contributed by atoms with Crippen molar-refractivity contribution in [2.45, 2.75) is 44.9 Å². The minimum atomic E-state index is -0.383. The fourth-order valence-electron chi connectivity index (χ4n) is 2.63. The summed E-state index contributed by atoms with van der Waals surface area (Å²) in [4.78, 5) is 12.0. The molecule has 0 unspecified atom stereocenters. The third kappa shape index (κ3) is 3.39. The van der Waals surface area contributed by atoms with Crippen LogP contribution in [0.2, 0.25) is 0 Å². The van der Waals surface area contributed by atoms with Crippen molar-refractivity contribution in [3.63, 3.8) is 0 Å². The van der Waals surface area contributed by atoms with Gasteiger partial charge in [-0.2, -0.15) is 0 Å². The first kappa shape index (κ1) is 12.3. The van der Waals surface area contributed by atoms with E-state index in [9.17, 15) is 9.18 Å². The third-order valence-electron chi connectivity index (χ3n) is 3.62. The molecule has 0 saturated heterocycles. The van der Waals surface area contributed by atoms with Gasteiger partial charge in [0.25, 0.3) is 0 Å². The number of hydrogen-bond acceptors (Lipinski definition) is 1. The zero-order valence-electron chi connectivity index (χ0n) is 10.1. The Bertz CT molecular complexity index is 378. The highest BCUT2D eigenvalue weighted by molar-refractivity contribution is 5.96. The van der Waals surface area contributed by atoms with Crippen molar-refractivity contribution in [3.8, 4) is 0 Å². The van der Waals surface area contributed by atoms with Crippen LogP contribution in [0.3, 0.4) is 0 Å². The number of rotatable bonds is 3. The van der Waals surface area contributed by atoms with Crippen LogP contribution in [0, 0.1) is 11.7 Å². The van der Waals surface area contributed by atoms with Crippen LogP contribution < -0.4 is 0 Å². The van der Waals surface area contributed by atoms with Crippen LogP contribution in [0.4, 0.5) is 4.39 Å². The quantitative estimate of drug-likeness (QED) is 0.560. The Hall–Kier alpha value is -1.18. The molecule has 0 amide bonds. The molecule has 1 nitrogen and oxygen atoms in total. The second-order valence-electron chi connectivity index (χ2n) is 4.96. The summed E-state index contributed by atoms with van der Waals surface area (Å²) >= 11 is 0. The van der Waals surface area contributed by atoms with Gasteiger partial charge in [-0.25, -0.2) is 4.39 Å². The van der Waals surface area contributed by atoms with E-state index < -0.39 is 0 Å². The highest BCUT2D eigenvalue weighted by Crippen LogP contribution is 2.27. The molecule has 1 aromatic rings. The van der Waals surface area contributed by atoms with Gasteiger partial charge < -0.3 is 0 Å². The van der Waals surface area contributed by atoms with E-state index in [1.807, 2.05) is 0 Å². The van der Waals surface area contributed by atoms with Crippen LogP contribution >= 0.6 is 0 Å². The van der Waals surface area contributed by atoms with Gasteiger partial charge in [0.2, 0.25) is 0 Å². The van der Waals surface area contributed by atoms with E-state index in [1.54, 1.807) is 18.2 Å². The zero-order chi connectivity index (χ0) is 12.1. The molecule has 0 atom stereocenters. The summed E-state index contributed by atoms with van der Waals surface area (Å²) in [6, 6.07) is 6.30. The molecule has 0 N–H and O–H groups in total. The van der Waals surface area contributed by atoms with Crippen molar-refractivity contribution in [2.24, 2.45) is 5.92 Å². The number of hydrogen-bond donors (Lipinski definition) is 0. The number of halogens is 1. The molecule has 1 aromatic carbocycles. The maximum absolute atomic E-state index is 13.5. The molecule has 2 rings (SSSR count). The van der Waals surface area contributed by atoms with Gasteiger partial charge in [-0.3, -0.25) is 4.79 Å². The van der Waals surface area contributed by atoms with Crippen LogP contribution in [0.1, 0.15) is 55.3 Å². The summed E-state index contributed by atoms with van der Waals surface area (Å²) in [7, 11) is 0. The largest absolute Gasteiger partial charge is 0.294 e. The second-order valence-corrected chi connectivity index (χ2v) is 4.96. The Morgan fingerprint density at radius 3 is 2.41 bits per heavy atom. The highest BCUT2D eigenvalue weighted by Gasteiger charge is 2.18. The van der Waals surface area contributed by atoms with Gasteiger partial charge in [0.05, 0.1) is 5.56 Å². The second kappa shape index (κ2) is 5.95. The molecule has 2 heteroatoms. The molecule has 1 fully saturated rings. The first-order valence-electron chi connectivity index (χ1n) is 6.55. The first-order chi connectivity index (χ1) is 8.27. The van der Waals surface area contributed by atoms with Gasteiger partial charge in [0.15, 0.2) is 5.78 Å². The van der Waals surface area contributed by atoms with Gasteiger partial charge >= 0.3 is 0 Å². The maximum Gasteiger partial charge on any atom is 0.166 e. The van der Waals surface area contributed by atoms with Crippen LogP contribution in [0.5, 0.6) is 0 Å². The molecule has 0 radical (unpaired) electrons. The van der Waals surface area contributed by atoms with Crippen LogP contribution in [-0.4, -0.2) is 5.78 Å². The molecule has 0 heterocycles. The summed E-state index contributed by atoms with van der Waals surface area (Å²) in [5.41, 5.74) is 0.261. The van der Waals surface area contributed by atoms with Gasteiger partial charge in [0.1, 0.15) is 5.82 Å². The Labute approximate surface area is 102 Å². The summed E-state index contributed by atoms with van der Waals surface area (Å²) < 4.78 is 13.5. The lowest BCUT2D eigenvalue weighted by atomic mass is 9.92. The molecule has 0 aliphatic heterocycles. The van der Waals surface area contributed by atoms with Crippen molar-refractivity contribution >= 4 is 5.78 Å². The number of ketones is 1. The van der Waals surface area contributed by atoms with Gasteiger partial charge in [0, 0.05) is 6.42 Å². The van der Waals surface area contributed by atoms with E-state index in [0.717, 1.165) is 12.8 Å². The Kier molecular flexibility index (Phi) is 4.29. The third-order valence-corrected chi connectivity index (χ3v) is 3.62. The van der Waals surface area contributed by atoms with E-state index >= 15 is 0 Å². The molecule has 0 aromatic heterocycles. The fourth-order valence-corrected chi connectivity index (χ4v) is 2.63. The van der Waals surface area contributed by atoms with E-state index in [-0.39, 0.29) is 17.2 Å². The predicted molar refractivity (Wildman–Crippen MR) is 66.5 cm³/mol. The van der Waals surface area contributed by atoms with E-state index in [4.69, 9.17) is 0 Å². The van der Waals surface area contributed by atoms with E-state index in [2.05, 4.69) is 0 Å². The van der Waals surface area contributed by atoms with Crippen molar-refractivity contribution in [2.75, 3.05) is 0 Å². The molecule has 0 bridgehead atoms. The van der Waals surface area contributed by atoms with E-state index in [1.165, 1.54) is 31.7 Å². The fraction of sp³-hybridized carbons (Fsp3) is 0.533. The lowest BCUT2D eigenvalue weighted by Crippen LogP contribution is -2.09. The predicted octanol–water partition coefficient (Wildman–Crippen LogP) is 4.37. The lowest BCUT2D eigenvalue weighted by Gasteiger charge is -2.12. The molecular weight excluding hydrogens is 215 g/mol. The summed E-state index contributed by atoms with van der Waals surface area (Å²) in [5.74, 6) is 0.0470. The standard InChI is InChI=1S/C15H19FO/c16-14-10-6-5-9-13(14)15(17)11-12-7-3-1-2-4-8-12/h5-6,9-10,12H,1-4,7-8,11H2. The van der Waals surface area contributed by atoms with Crippen LogP contribution in [0.25, 0.3) is 0 Å². The molecule has 17 heavy (non-hydrogen) atoms. The normalized spacial score (nSPS) is 17.7. The van der Waals surface area contributed by atoms with Crippen molar-refractivity contribution in [3.05, 3.63) is 35.6 Å². The van der Waals surface area contributed by atoms with Gasteiger partial charge in [-0.05, 0) is 18.1 Å². The van der Waals surface area contributed by atoms with Crippen LogP contribution in [-0.2, 0) is 0 Å². The zero-order valence-corrected chi connectivity index (χ0v) is 10.1. The van der Waals surface area contributed by atoms with Gasteiger partial charge in [-0.15, -0.1) is 0 Å². The van der Waals surface area contributed by atoms with Gasteiger partial charge in [-0.1, -0.05) is 50.7 Å². The number of benzene rings is 1. The number of Topliss-reactive ketones (excluding diaryl/α,β-unsaturated/α-hetero) is 1.